The van der Waals surface area contributed by atoms with E-state index in [4.69, 9.17) is 4.74 Å². The number of carbonyl (C=O) groups excluding carboxylic acids is 2. The van der Waals surface area contributed by atoms with Gasteiger partial charge in [-0.05, 0) is 37.5 Å². The first-order chi connectivity index (χ1) is 16.5. The van der Waals surface area contributed by atoms with E-state index in [0.29, 0.717) is 17.6 Å². The molecule has 2 aromatic carbocycles. The number of fused-ring (bicyclic) bond motifs is 1. The highest BCUT2D eigenvalue weighted by Gasteiger charge is 2.21. The summed E-state index contributed by atoms with van der Waals surface area (Å²) in [5, 5.41) is 14.8. The number of hydrogen-bond acceptors (Lipinski definition) is 5. The molecule has 34 heavy (non-hydrogen) atoms. The van der Waals surface area contributed by atoms with Gasteiger partial charge in [0, 0.05) is 47.9 Å². The van der Waals surface area contributed by atoms with Gasteiger partial charge in [0.25, 0.3) is 11.6 Å². The van der Waals surface area contributed by atoms with Crippen LogP contribution >= 0.6 is 0 Å². The first-order valence-corrected chi connectivity index (χ1v) is 11.5. The van der Waals surface area contributed by atoms with Crippen molar-refractivity contribution in [3.8, 4) is 5.75 Å². The summed E-state index contributed by atoms with van der Waals surface area (Å²) in [6.45, 7) is 3.58. The van der Waals surface area contributed by atoms with Gasteiger partial charge in [-0.2, -0.15) is 0 Å². The second-order valence-electron chi connectivity index (χ2n) is 8.39. The van der Waals surface area contributed by atoms with Gasteiger partial charge in [-0.3, -0.25) is 19.7 Å². The van der Waals surface area contributed by atoms with E-state index in [0.717, 1.165) is 37.0 Å². The number of nitro groups is 1. The van der Waals surface area contributed by atoms with E-state index in [-0.39, 0.29) is 36.7 Å². The molecule has 1 fully saturated rings. The molecular weight excluding hydrogens is 436 g/mol. The standard InChI is InChI=1S/C25H28N4O5/c1-2-21(20-7-3-4-8-23(20)34-17-25(31)27-12-5-6-13-27)26-24(30)16-28-14-11-18-15-19(29(32)33)9-10-22(18)28/h3-4,7-11,14-15,21H,2,5-6,12-13,16-17H2,1H3,(H,26,30). The summed E-state index contributed by atoms with van der Waals surface area (Å²) in [6, 6.07) is 13.5. The van der Waals surface area contributed by atoms with Gasteiger partial charge in [0.15, 0.2) is 6.61 Å². The minimum absolute atomic E-state index is 0.0144. The highest BCUT2D eigenvalue weighted by Crippen LogP contribution is 2.28. The van der Waals surface area contributed by atoms with Crippen molar-refractivity contribution in [3.05, 3.63) is 70.4 Å². The van der Waals surface area contributed by atoms with Crippen LogP contribution in [0, 0.1) is 10.1 Å². The van der Waals surface area contributed by atoms with Crippen LogP contribution in [0.4, 0.5) is 5.69 Å². The molecular formula is C25H28N4O5. The molecule has 0 bridgehead atoms. The third-order valence-electron chi connectivity index (χ3n) is 6.13. The van der Waals surface area contributed by atoms with Gasteiger partial charge in [0.05, 0.1) is 11.0 Å². The Balaban J connectivity index is 1.43. The molecule has 1 aliphatic heterocycles. The zero-order valence-electron chi connectivity index (χ0n) is 19.1. The number of aromatic nitrogens is 1. The Kier molecular flexibility index (Phi) is 7.10. The van der Waals surface area contributed by atoms with Crippen molar-refractivity contribution in [1.29, 1.82) is 0 Å². The Labute approximate surface area is 197 Å². The van der Waals surface area contributed by atoms with Gasteiger partial charge in [0.2, 0.25) is 5.91 Å². The summed E-state index contributed by atoms with van der Waals surface area (Å²) in [5.41, 5.74) is 1.58. The predicted octanol–water partition coefficient (Wildman–Crippen LogP) is 3.82. The first-order valence-electron chi connectivity index (χ1n) is 11.5. The largest absolute Gasteiger partial charge is 0.483 e. The van der Waals surface area contributed by atoms with Crippen molar-refractivity contribution >= 4 is 28.4 Å². The minimum Gasteiger partial charge on any atom is -0.483 e. The van der Waals surface area contributed by atoms with Crippen molar-refractivity contribution in [2.24, 2.45) is 0 Å². The number of benzene rings is 2. The Morgan fingerprint density at radius 1 is 1.15 bits per heavy atom. The number of likely N-dealkylation sites (tertiary alicyclic amines) is 1. The van der Waals surface area contributed by atoms with E-state index in [1.165, 1.54) is 12.1 Å². The zero-order chi connectivity index (χ0) is 24.1. The number of non-ortho nitro benzene ring substituents is 1. The summed E-state index contributed by atoms with van der Waals surface area (Å²) >= 11 is 0. The van der Waals surface area contributed by atoms with Crippen LogP contribution in [0.1, 0.15) is 37.8 Å². The van der Waals surface area contributed by atoms with Crippen molar-refractivity contribution in [2.75, 3.05) is 19.7 Å². The fourth-order valence-corrected chi connectivity index (χ4v) is 4.33. The molecule has 0 saturated carbocycles. The molecule has 0 spiro atoms. The summed E-state index contributed by atoms with van der Waals surface area (Å²) in [7, 11) is 0. The molecule has 1 aromatic heterocycles. The van der Waals surface area contributed by atoms with E-state index >= 15 is 0 Å². The van der Waals surface area contributed by atoms with Crippen LogP contribution in [0.25, 0.3) is 10.9 Å². The lowest BCUT2D eigenvalue weighted by atomic mass is 10.0. The monoisotopic (exact) mass is 464 g/mol. The lowest BCUT2D eigenvalue weighted by Gasteiger charge is -2.22. The fraction of sp³-hybridized carbons (Fsp3) is 0.360. The third kappa shape index (κ3) is 5.19. The Hall–Kier alpha value is -3.88. The third-order valence-corrected chi connectivity index (χ3v) is 6.13. The number of nitrogens with zero attached hydrogens (tertiary/aromatic N) is 3. The molecule has 1 aliphatic rings. The molecule has 9 heteroatoms. The number of ether oxygens (including phenoxy) is 1. The van der Waals surface area contributed by atoms with Crippen molar-refractivity contribution in [1.82, 2.24) is 14.8 Å². The highest BCUT2D eigenvalue weighted by molar-refractivity contribution is 5.85. The number of nitro benzene ring substituents is 1. The number of hydrogen-bond donors (Lipinski definition) is 1. The van der Waals surface area contributed by atoms with Gasteiger partial charge in [-0.25, -0.2) is 0 Å². The number of nitrogens with one attached hydrogen (secondary N) is 1. The Bertz CT molecular complexity index is 1200. The van der Waals surface area contributed by atoms with Gasteiger partial charge >= 0.3 is 0 Å². The number of carbonyl (C=O) groups is 2. The summed E-state index contributed by atoms with van der Waals surface area (Å²) in [4.78, 5) is 37.6. The zero-order valence-corrected chi connectivity index (χ0v) is 19.1. The molecule has 0 aliphatic carbocycles. The minimum atomic E-state index is -0.437. The highest BCUT2D eigenvalue weighted by atomic mass is 16.6. The topological polar surface area (TPSA) is 107 Å². The van der Waals surface area contributed by atoms with Crippen LogP contribution < -0.4 is 10.1 Å². The molecule has 1 unspecified atom stereocenters. The quantitative estimate of drug-likeness (QED) is 0.383. The second kappa shape index (κ2) is 10.4. The van der Waals surface area contributed by atoms with E-state index in [1.54, 1.807) is 22.9 Å². The Morgan fingerprint density at radius 2 is 1.91 bits per heavy atom. The SMILES string of the molecule is CCC(NC(=O)Cn1ccc2cc([N+](=O)[O-])ccc21)c1ccccc1OCC(=O)N1CCCC1. The lowest BCUT2D eigenvalue weighted by Crippen LogP contribution is -2.33. The molecule has 9 nitrogen and oxygen atoms in total. The van der Waals surface area contributed by atoms with Crippen molar-refractivity contribution < 1.29 is 19.2 Å². The van der Waals surface area contributed by atoms with E-state index in [9.17, 15) is 19.7 Å². The van der Waals surface area contributed by atoms with E-state index in [2.05, 4.69) is 5.32 Å². The molecule has 2 amide bonds. The van der Waals surface area contributed by atoms with Gasteiger partial charge < -0.3 is 19.5 Å². The normalized spacial score (nSPS) is 14.2. The molecule has 178 valence electrons. The van der Waals surface area contributed by atoms with Gasteiger partial charge in [-0.15, -0.1) is 0 Å². The molecule has 2 heterocycles. The first kappa shape index (κ1) is 23.3. The molecule has 1 N–H and O–H groups in total. The summed E-state index contributed by atoms with van der Waals surface area (Å²) in [6.07, 6.45) is 4.44. The van der Waals surface area contributed by atoms with E-state index < -0.39 is 4.92 Å². The average molecular weight is 465 g/mol. The smallest absolute Gasteiger partial charge is 0.270 e. The van der Waals surface area contributed by atoms with Gasteiger partial charge in [-0.1, -0.05) is 25.1 Å². The van der Waals surface area contributed by atoms with Crippen molar-refractivity contribution in [2.45, 2.75) is 38.8 Å². The van der Waals surface area contributed by atoms with Crippen molar-refractivity contribution in [3.63, 3.8) is 0 Å². The van der Waals surface area contributed by atoms with Crippen LogP contribution in [0.2, 0.25) is 0 Å². The summed E-state index contributed by atoms with van der Waals surface area (Å²) in [5.74, 6) is 0.371. The van der Waals surface area contributed by atoms with Crippen LogP contribution in [0.15, 0.2) is 54.7 Å². The molecule has 1 saturated heterocycles. The Morgan fingerprint density at radius 3 is 2.65 bits per heavy atom. The van der Waals surface area contributed by atoms with Crippen LogP contribution in [0.3, 0.4) is 0 Å². The maximum absolute atomic E-state index is 12.9. The molecule has 3 aromatic rings. The lowest BCUT2D eigenvalue weighted by molar-refractivity contribution is -0.384. The second-order valence-corrected chi connectivity index (χ2v) is 8.39. The maximum Gasteiger partial charge on any atom is 0.270 e. The molecule has 0 radical (unpaired) electrons. The van der Waals surface area contributed by atoms with Crippen LogP contribution in [-0.2, 0) is 16.1 Å². The fourth-order valence-electron chi connectivity index (χ4n) is 4.33. The molecule has 1 atom stereocenters. The predicted molar refractivity (Wildman–Crippen MR) is 128 cm³/mol. The summed E-state index contributed by atoms with van der Waals surface area (Å²) < 4.78 is 7.63. The van der Waals surface area contributed by atoms with E-state index in [1.807, 2.05) is 36.1 Å². The van der Waals surface area contributed by atoms with Gasteiger partial charge in [0.1, 0.15) is 12.3 Å². The number of para-hydroxylation sites is 1. The average Bonchev–Trinajstić information content (AvgIpc) is 3.52. The van der Waals surface area contributed by atoms with Crippen LogP contribution in [0.5, 0.6) is 5.75 Å². The number of amides is 2. The number of rotatable bonds is 9. The maximum atomic E-state index is 12.9. The van der Waals surface area contributed by atoms with Crippen LogP contribution in [-0.4, -0.2) is 45.9 Å². The molecule has 4 rings (SSSR count).